The molecule has 0 radical (unpaired) electrons. The lowest BCUT2D eigenvalue weighted by Gasteiger charge is -2.22. The van der Waals surface area contributed by atoms with Gasteiger partial charge in [-0.25, -0.2) is 4.98 Å². The smallest absolute Gasteiger partial charge is 0.255 e. The number of hydrogen-bond acceptors (Lipinski definition) is 4. The van der Waals surface area contributed by atoms with Gasteiger partial charge in [0.15, 0.2) is 0 Å². The van der Waals surface area contributed by atoms with Gasteiger partial charge in [0.2, 0.25) is 0 Å². The molecule has 0 aliphatic carbocycles. The summed E-state index contributed by atoms with van der Waals surface area (Å²) >= 11 is 0. The SMILES string of the molecule is C=CCN1CCCN(C(=O)c2ccc(N(CC)CC)nc2)CC1. The fourth-order valence-electron chi connectivity index (χ4n) is 2.97. The molecule has 1 fully saturated rings. The lowest BCUT2D eigenvalue weighted by atomic mass is 10.2. The van der Waals surface area contributed by atoms with Crippen LogP contribution in [0.15, 0.2) is 31.0 Å². The van der Waals surface area contributed by atoms with Crippen molar-refractivity contribution in [1.29, 1.82) is 0 Å². The predicted octanol–water partition coefficient (Wildman–Crippen LogP) is 2.26. The zero-order valence-electron chi connectivity index (χ0n) is 14.4. The number of carbonyl (C=O) groups excluding carboxylic acids is 1. The summed E-state index contributed by atoms with van der Waals surface area (Å²) in [5.74, 6) is 1.02. The summed E-state index contributed by atoms with van der Waals surface area (Å²) in [7, 11) is 0. The first kappa shape index (κ1) is 17.5. The minimum absolute atomic E-state index is 0.0871. The zero-order chi connectivity index (χ0) is 16.7. The number of aromatic nitrogens is 1. The Bertz CT molecular complexity index is 510. The van der Waals surface area contributed by atoms with E-state index in [2.05, 4.69) is 35.2 Å². The molecule has 2 rings (SSSR count). The van der Waals surface area contributed by atoms with Crippen LogP contribution in [0.25, 0.3) is 0 Å². The molecule has 1 aliphatic rings. The highest BCUT2D eigenvalue weighted by atomic mass is 16.2. The molecule has 1 aromatic rings. The minimum Gasteiger partial charge on any atom is -0.357 e. The predicted molar refractivity (Wildman–Crippen MR) is 95.0 cm³/mol. The Labute approximate surface area is 139 Å². The van der Waals surface area contributed by atoms with E-state index in [1.54, 1.807) is 6.20 Å². The maximum atomic E-state index is 12.7. The Morgan fingerprint density at radius 3 is 2.65 bits per heavy atom. The van der Waals surface area contributed by atoms with Crippen LogP contribution in [0.1, 0.15) is 30.6 Å². The molecule has 1 aliphatic heterocycles. The van der Waals surface area contributed by atoms with Gasteiger partial charge in [0.25, 0.3) is 5.91 Å². The van der Waals surface area contributed by atoms with E-state index < -0.39 is 0 Å². The van der Waals surface area contributed by atoms with Crippen molar-refractivity contribution in [2.24, 2.45) is 0 Å². The third kappa shape index (κ3) is 4.55. The molecule has 23 heavy (non-hydrogen) atoms. The highest BCUT2D eigenvalue weighted by molar-refractivity contribution is 5.94. The van der Waals surface area contributed by atoms with Crippen LogP contribution in [0.2, 0.25) is 0 Å². The quantitative estimate of drug-likeness (QED) is 0.755. The Kier molecular flexibility index (Phi) is 6.59. The van der Waals surface area contributed by atoms with E-state index in [-0.39, 0.29) is 5.91 Å². The number of amides is 1. The van der Waals surface area contributed by atoms with E-state index in [1.165, 1.54) is 0 Å². The van der Waals surface area contributed by atoms with Crippen LogP contribution < -0.4 is 4.90 Å². The molecule has 5 heteroatoms. The fraction of sp³-hybridized carbons (Fsp3) is 0.556. The first-order chi connectivity index (χ1) is 11.2. The molecule has 0 aromatic carbocycles. The summed E-state index contributed by atoms with van der Waals surface area (Å²) in [5, 5.41) is 0. The Balaban J connectivity index is 2.01. The number of rotatable bonds is 6. The maximum Gasteiger partial charge on any atom is 0.255 e. The monoisotopic (exact) mass is 316 g/mol. The van der Waals surface area contributed by atoms with Crippen LogP contribution in [-0.4, -0.2) is 66.5 Å². The summed E-state index contributed by atoms with van der Waals surface area (Å²) in [4.78, 5) is 23.6. The molecule has 2 heterocycles. The number of anilines is 1. The molecule has 5 nitrogen and oxygen atoms in total. The van der Waals surface area contributed by atoms with E-state index in [1.807, 2.05) is 23.1 Å². The van der Waals surface area contributed by atoms with Crippen molar-refractivity contribution in [2.75, 3.05) is 50.7 Å². The van der Waals surface area contributed by atoms with Gasteiger partial charge in [0, 0.05) is 52.0 Å². The van der Waals surface area contributed by atoms with Crippen molar-refractivity contribution in [3.63, 3.8) is 0 Å². The fourth-order valence-corrected chi connectivity index (χ4v) is 2.97. The molecule has 126 valence electrons. The number of nitrogens with zero attached hydrogens (tertiary/aromatic N) is 4. The van der Waals surface area contributed by atoms with Gasteiger partial charge in [0.05, 0.1) is 5.56 Å². The van der Waals surface area contributed by atoms with Crippen LogP contribution in [0.4, 0.5) is 5.82 Å². The van der Waals surface area contributed by atoms with Gasteiger partial charge in [-0.15, -0.1) is 6.58 Å². The lowest BCUT2D eigenvalue weighted by Crippen LogP contribution is -2.35. The largest absolute Gasteiger partial charge is 0.357 e. The van der Waals surface area contributed by atoms with E-state index >= 15 is 0 Å². The first-order valence-corrected chi connectivity index (χ1v) is 8.53. The van der Waals surface area contributed by atoms with E-state index in [4.69, 9.17) is 0 Å². The highest BCUT2D eigenvalue weighted by Crippen LogP contribution is 2.13. The molecule has 0 bridgehead atoms. The zero-order valence-corrected chi connectivity index (χ0v) is 14.4. The van der Waals surface area contributed by atoms with E-state index in [0.29, 0.717) is 5.56 Å². The number of carbonyl (C=O) groups is 1. The average Bonchev–Trinajstić information content (AvgIpc) is 2.82. The van der Waals surface area contributed by atoms with Crippen molar-refractivity contribution in [3.8, 4) is 0 Å². The van der Waals surface area contributed by atoms with Crippen molar-refractivity contribution in [3.05, 3.63) is 36.5 Å². The normalized spacial score (nSPS) is 16.0. The van der Waals surface area contributed by atoms with Gasteiger partial charge in [0.1, 0.15) is 5.82 Å². The topological polar surface area (TPSA) is 39.7 Å². The highest BCUT2D eigenvalue weighted by Gasteiger charge is 2.20. The second-order valence-electron chi connectivity index (χ2n) is 5.81. The van der Waals surface area contributed by atoms with Crippen LogP contribution >= 0.6 is 0 Å². The standard InChI is InChI=1S/C18H28N4O/c1-4-10-20-11-7-12-22(14-13-20)18(23)16-8-9-17(19-15-16)21(5-2)6-3/h4,8-9,15H,1,5-7,10-14H2,2-3H3. The van der Waals surface area contributed by atoms with Crippen molar-refractivity contribution < 1.29 is 4.79 Å². The summed E-state index contributed by atoms with van der Waals surface area (Å²) in [5.41, 5.74) is 0.679. The molecular formula is C18H28N4O. The van der Waals surface area contributed by atoms with Crippen molar-refractivity contribution >= 4 is 11.7 Å². The van der Waals surface area contributed by atoms with Gasteiger partial charge in [-0.2, -0.15) is 0 Å². The minimum atomic E-state index is 0.0871. The second-order valence-corrected chi connectivity index (χ2v) is 5.81. The Morgan fingerprint density at radius 1 is 1.26 bits per heavy atom. The summed E-state index contributed by atoms with van der Waals surface area (Å²) in [6, 6.07) is 3.84. The molecule has 0 atom stereocenters. The lowest BCUT2D eigenvalue weighted by molar-refractivity contribution is 0.0761. The molecular weight excluding hydrogens is 288 g/mol. The van der Waals surface area contributed by atoms with Crippen LogP contribution in [-0.2, 0) is 0 Å². The summed E-state index contributed by atoms with van der Waals surface area (Å²) < 4.78 is 0. The van der Waals surface area contributed by atoms with Gasteiger partial charge in [-0.1, -0.05) is 6.08 Å². The molecule has 1 aromatic heterocycles. The molecule has 0 spiro atoms. The molecule has 0 N–H and O–H groups in total. The van der Waals surface area contributed by atoms with Crippen molar-refractivity contribution in [1.82, 2.24) is 14.8 Å². The van der Waals surface area contributed by atoms with E-state index in [9.17, 15) is 4.79 Å². The molecule has 0 saturated carbocycles. The summed E-state index contributed by atoms with van der Waals surface area (Å²) in [6.07, 6.45) is 4.64. The number of hydrogen-bond donors (Lipinski definition) is 0. The average molecular weight is 316 g/mol. The molecule has 1 amide bonds. The van der Waals surface area contributed by atoms with Crippen LogP contribution in [0, 0.1) is 0 Å². The van der Waals surface area contributed by atoms with Gasteiger partial charge < -0.3 is 9.80 Å². The first-order valence-electron chi connectivity index (χ1n) is 8.53. The van der Waals surface area contributed by atoms with Gasteiger partial charge in [-0.3, -0.25) is 9.69 Å². The molecule has 0 unspecified atom stereocenters. The third-order valence-electron chi connectivity index (χ3n) is 4.35. The third-order valence-corrected chi connectivity index (χ3v) is 4.35. The van der Waals surface area contributed by atoms with Gasteiger partial charge >= 0.3 is 0 Å². The van der Waals surface area contributed by atoms with Gasteiger partial charge in [-0.05, 0) is 32.4 Å². The summed E-state index contributed by atoms with van der Waals surface area (Å²) in [6.45, 7) is 14.2. The second kappa shape index (κ2) is 8.67. The number of pyridine rings is 1. The maximum absolute atomic E-state index is 12.7. The Morgan fingerprint density at radius 2 is 2.04 bits per heavy atom. The van der Waals surface area contributed by atoms with Crippen LogP contribution in [0.3, 0.4) is 0 Å². The Hall–Kier alpha value is -1.88. The van der Waals surface area contributed by atoms with Crippen LogP contribution in [0.5, 0.6) is 0 Å². The van der Waals surface area contributed by atoms with E-state index in [0.717, 1.165) is 58.1 Å². The molecule has 1 saturated heterocycles. The van der Waals surface area contributed by atoms with Crippen molar-refractivity contribution in [2.45, 2.75) is 20.3 Å².